The summed E-state index contributed by atoms with van der Waals surface area (Å²) in [6.07, 6.45) is -1.06. The number of hydrogen-bond donors (Lipinski definition) is 2. The lowest BCUT2D eigenvalue weighted by Crippen LogP contribution is -2.13. The number of halogens is 2. The topological polar surface area (TPSA) is 55.5 Å². The van der Waals surface area contributed by atoms with Crippen LogP contribution in [0.25, 0.3) is 0 Å². The Labute approximate surface area is 80.1 Å². The highest BCUT2D eigenvalue weighted by molar-refractivity contribution is 5.36. The maximum Gasteiger partial charge on any atom is 0.162 e. The second-order valence-electron chi connectivity index (χ2n) is 2.76. The first kappa shape index (κ1) is 10.9. The summed E-state index contributed by atoms with van der Waals surface area (Å²) >= 11 is 0. The van der Waals surface area contributed by atoms with Gasteiger partial charge in [-0.05, 0) is 6.07 Å². The highest BCUT2D eigenvalue weighted by atomic mass is 19.2. The number of benzene rings is 1. The number of methoxy groups -OCH3 is 1. The molecule has 0 aliphatic heterocycles. The van der Waals surface area contributed by atoms with Gasteiger partial charge in [0.1, 0.15) is 5.75 Å². The van der Waals surface area contributed by atoms with Crippen molar-refractivity contribution in [3.05, 3.63) is 29.3 Å². The molecule has 0 aliphatic carbocycles. The van der Waals surface area contributed by atoms with Crippen LogP contribution in [0.2, 0.25) is 0 Å². The van der Waals surface area contributed by atoms with Gasteiger partial charge in [0.05, 0.1) is 13.2 Å². The molecule has 5 heteroatoms. The van der Waals surface area contributed by atoms with Crippen LogP contribution < -0.4 is 10.5 Å². The van der Waals surface area contributed by atoms with Gasteiger partial charge in [-0.15, -0.1) is 0 Å². The van der Waals surface area contributed by atoms with Crippen molar-refractivity contribution >= 4 is 0 Å². The Hall–Kier alpha value is -1.20. The molecule has 1 atom stereocenters. The van der Waals surface area contributed by atoms with Crippen LogP contribution in [0.4, 0.5) is 8.78 Å². The molecule has 0 fully saturated rings. The predicted octanol–water partition coefficient (Wildman–Crippen LogP) is 0.965. The molecule has 0 aliphatic rings. The maximum absolute atomic E-state index is 12.8. The molecule has 0 saturated carbocycles. The van der Waals surface area contributed by atoms with Gasteiger partial charge in [-0.1, -0.05) is 0 Å². The van der Waals surface area contributed by atoms with E-state index in [0.29, 0.717) is 0 Å². The van der Waals surface area contributed by atoms with Crippen molar-refractivity contribution in [3.63, 3.8) is 0 Å². The van der Waals surface area contributed by atoms with E-state index < -0.39 is 17.7 Å². The molecule has 1 aromatic rings. The van der Waals surface area contributed by atoms with Crippen molar-refractivity contribution in [1.29, 1.82) is 0 Å². The zero-order valence-electron chi connectivity index (χ0n) is 7.63. The third-order valence-electron chi connectivity index (χ3n) is 1.85. The Morgan fingerprint density at radius 2 is 2.00 bits per heavy atom. The molecule has 0 saturated heterocycles. The Kier molecular flexibility index (Phi) is 3.38. The van der Waals surface area contributed by atoms with Crippen LogP contribution in [-0.2, 0) is 0 Å². The van der Waals surface area contributed by atoms with Crippen LogP contribution >= 0.6 is 0 Å². The van der Waals surface area contributed by atoms with Gasteiger partial charge in [0, 0.05) is 18.2 Å². The van der Waals surface area contributed by atoms with Crippen molar-refractivity contribution in [2.75, 3.05) is 13.7 Å². The molecular formula is C9H11F2NO2. The summed E-state index contributed by atoms with van der Waals surface area (Å²) in [5.74, 6) is -1.97. The fourth-order valence-electron chi connectivity index (χ4n) is 1.11. The van der Waals surface area contributed by atoms with E-state index >= 15 is 0 Å². The monoisotopic (exact) mass is 203 g/mol. The van der Waals surface area contributed by atoms with Crippen molar-refractivity contribution in [3.8, 4) is 5.75 Å². The molecule has 0 amide bonds. The van der Waals surface area contributed by atoms with E-state index in [1.54, 1.807) is 0 Å². The maximum atomic E-state index is 12.8. The standard InChI is InChI=1S/C9H11F2NO2/c1-14-9-3-7(11)6(10)2-5(9)8(13)4-12/h2-3,8,13H,4,12H2,1H3/t8-/m1/s1. The molecule has 14 heavy (non-hydrogen) atoms. The van der Waals surface area contributed by atoms with Crippen LogP contribution in [0.1, 0.15) is 11.7 Å². The van der Waals surface area contributed by atoms with Crippen LogP contribution in [0.3, 0.4) is 0 Å². The van der Waals surface area contributed by atoms with Gasteiger partial charge in [0.25, 0.3) is 0 Å². The van der Waals surface area contributed by atoms with Crippen LogP contribution in [0.5, 0.6) is 5.75 Å². The Balaban J connectivity index is 3.19. The van der Waals surface area contributed by atoms with Gasteiger partial charge in [-0.3, -0.25) is 0 Å². The second-order valence-corrected chi connectivity index (χ2v) is 2.76. The number of aliphatic hydroxyl groups excluding tert-OH is 1. The molecule has 0 spiro atoms. The van der Waals surface area contributed by atoms with Gasteiger partial charge in [0.15, 0.2) is 11.6 Å². The number of ether oxygens (including phenoxy) is 1. The van der Waals surface area contributed by atoms with Gasteiger partial charge in [0.2, 0.25) is 0 Å². The lowest BCUT2D eigenvalue weighted by molar-refractivity contribution is 0.181. The average Bonchev–Trinajstić information content (AvgIpc) is 2.20. The molecule has 1 aromatic carbocycles. The molecule has 78 valence electrons. The van der Waals surface area contributed by atoms with Crippen LogP contribution in [-0.4, -0.2) is 18.8 Å². The zero-order valence-corrected chi connectivity index (χ0v) is 7.63. The molecule has 0 unspecified atom stereocenters. The first-order chi connectivity index (χ1) is 6.60. The van der Waals surface area contributed by atoms with E-state index in [4.69, 9.17) is 10.5 Å². The van der Waals surface area contributed by atoms with Crippen molar-refractivity contribution in [2.45, 2.75) is 6.10 Å². The summed E-state index contributed by atoms with van der Waals surface area (Å²) in [5.41, 5.74) is 5.34. The average molecular weight is 203 g/mol. The first-order valence-corrected chi connectivity index (χ1v) is 4.01. The first-order valence-electron chi connectivity index (χ1n) is 4.01. The van der Waals surface area contributed by atoms with Crippen LogP contribution in [0.15, 0.2) is 12.1 Å². The van der Waals surface area contributed by atoms with E-state index in [1.807, 2.05) is 0 Å². The largest absolute Gasteiger partial charge is 0.496 e. The molecule has 0 radical (unpaired) electrons. The summed E-state index contributed by atoms with van der Waals surface area (Å²) in [6, 6.07) is 1.76. The highest BCUT2D eigenvalue weighted by Gasteiger charge is 2.15. The third-order valence-corrected chi connectivity index (χ3v) is 1.85. The number of hydrogen-bond acceptors (Lipinski definition) is 3. The molecule has 0 heterocycles. The molecule has 0 aromatic heterocycles. The zero-order chi connectivity index (χ0) is 10.7. The SMILES string of the molecule is COc1cc(F)c(F)cc1[C@H](O)CN. The fraction of sp³-hybridized carbons (Fsp3) is 0.333. The van der Waals surface area contributed by atoms with Crippen molar-refractivity contribution in [1.82, 2.24) is 0 Å². The summed E-state index contributed by atoms with van der Waals surface area (Å²) in [4.78, 5) is 0. The fourth-order valence-corrected chi connectivity index (χ4v) is 1.11. The minimum Gasteiger partial charge on any atom is -0.496 e. The third kappa shape index (κ3) is 2.00. The number of aliphatic hydroxyl groups is 1. The summed E-state index contributed by atoms with van der Waals surface area (Å²) in [6.45, 7) is -0.0819. The normalized spacial score (nSPS) is 12.6. The Morgan fingerprint density at radius 3 is 2.50 bits per heavy atom. The van der Waals surface area contributed by atoms with E-state index in [0.717, 1.165) is 12.1 Å². The summed E-state index contributed by atoms with van der Waals surface area (Å²) < 4.78 is 30.3. The molecule has 3 N–H and O–H groups in total. The van der Waals surface area contributed by atoms with Gasteiger partial charge in [-0.25, -0.2) is 8.78 Å². The highest BCUT2D eigenvalue weighted by Crippen LogP contribution is 2.27. The quantitative estimate of drug-likeness (QED) is 0.769. The van der Waals surface area contributed by atoms with E-state index in [2.05, 4.69) is 0 Å². The number of nitrogens with two attached hydrogens (primary N) is 1. The van der Waals surface area contributed by atoms with Gasteiger partial charge >= 0.3 is 0 Å². The Morgan fingerprint density at radius 1 is 1.43 bits per heavy atom. The van der Waals surface area contributed by atoms with E-state index in [1.165, 1.54) is 7.11 Å². The van der Waals surface area contributed by atoms with Gasteiger partial charge in [-0.2, -0.15) is 0 Å². The van der Waals surface area contributed by atoms with Crippen molar-refractivity contribution in [2.24, 2.45) is 5.73 Å². The van der Waals surface area contributed by atoms with Crippen molar-refractivity contribution < 1.29 is 18.6 Å². The molecule has 1 rings (SSSR count). The minimum atomic E-state index is -1.06. The Bertz CT molecular complexity index is 331. The lowest BCUT2D eigenvalue weighted by Gasteiger charge is -2.13. The predicted molar refractivity (Wildman–Crippen MR) is 46.9 cm³/mol. The molecule has 0 bridgehead atoms. The smallest absolute Gasteiger partial charge is 0.162 e. The molecular weight excluding hydrogens is 192 g/mol. The van der Waals surface area contributed by atoms with Crippen LogP contribution in [0, 0.1) is 11.6 Å². The van der Waals surface area contributed by atoms with E-state index in [9.17, 15) is 13.9 Å². The molecule has 3 nitrogen and oxygen atoms in total. The number of rotatable bonds is 3. The second kappa shape index (κ2) is 4.34. The lowest BCUT2D eigenvalue weighted by atomic mass is 10.1. The van der Waals surface area contributed by atoms with E-state index in [-0.39, 0.29) is 17.9 Å². The minimum absolute atomic E-state index is 0.0819. The van der Waals surface area contributed by atoms with Gasteiger partial charge < -0.3 is 15.6 Å². The summed E-state index contributed by atoms with van der Waals surface area (Å²) in [5, 5.41) is 9.36. The summed E-state index contributed by atoms with van der Waals surface area (Å²) in [7, 11) is 1.30.